The first kappa shape index (κ1) is 8.04. The summed E-state index contributed by atoms with van der Waals surface area (Å²) in [5.41, 5.74) is 4.53. The van der Waals surface area contributed by atoms with Crippen molar-refractivity contribution in [3.8, 4) is 0 Å². The average molecular weight is 152 g/mol. The zero-order valence-corrected chi connectivity index (χ0v) is 6.25. The van der Waals surface area contributed by atoms with Gasteiger partial charge < -0.3 is 10.5 Å². The highest BCUT2D eigenvalue weighted by Gasteiger charge is 1.90. The van der Waals surface area contributed by atoms with Gasteiger partial charge in [-0.3, -0.25) is 5.84 Å². The lowest BCUT2D eigenvalue weighted by Crippen LogP contribution is -2.06. The predicted molar refractivity (Wildman–Crippen MR) is 45.0 cm³/mol. The molecule has 0 atom stereocenters. The fraction of sp³-hybridized carbons (Fsp3) is 0.250. The molecule has 11 heavy (non-hydrogen) atoms. The third-order valence-electron chi connectivity index (χ3n) is 1.52. The molecule has 1 rings (SSSR count). The number of rotatable bonds is 3. The highest BCUT2D eigenvalue weighted by molar-refractivity contribution is 5.43. The molecule has 0 saturated heterocycles. The molecule has 0 aliphatic heterocycles. The minimum Gasteiger partial charge on any atom is -0.396 e. The molecule has 0 heterocycles. The Morgan fingerprint density at radius 2 is 1.91 bits per heavy atom. The van der Waals surface area contributed by atoms with E-state index in [0.717, 1.165) is 11.3 Å². The number of nitrogen functional groups attached to an aromatic ring is 1. The molecule has 0 aliphatic carbocycles. The van der Waals surface area contributed by atoms with Crippen molar-refractivity contribution in [1.82, 2.24) is 0 Å². The molecule has 0 unspecified atom stereocenters. The predicted octanol–water partition coefficient (Wildman–Crippen LogP) is 0.507. The summed E-state index contributed by atoms with van der Waals surface area (Å²) in [6.45, 7) is 0.190. The zero-order valence-electron chi connectivity index (χ0n) is 6.25. The first-order valence-electron chi connectivity index (χ1n) is 3.53. The molecule has 60 valence electrons. The highest BCUT2D eigenvalue weighted by atomic mass is 16.2. The van der Waals surface area contributed by atoms with Gasteiger partial charge in [0.1, 0.15) is 0 Å². The topological polar surface area (TPSA) is 58.3 Å². The van der Waals surface area contributed by atoms with Gasteiger partial charge in [0.2, 0.25) is 0 Å². The van der Waals surface area contributed by atoms with Gasteiger partial charge in [-0.15, -0.1) is 0 Å². The third-order valence-corrected chi connectivity index (χ3v) is 1.52. The van der Waals surface area contributed by atoms with Gasteiger partial charge in [-0.25, -0.2) is 0 Å². The molecule has 4 N–H and O–H groups in total. The van der Waals surface area contributed by atoms with Crippen molar-refractivity contribution in [1.29, 1.82) is 0 Å². The molecular weight excluding hydrogens is 140 g/mol. The van der Waals surface area contributed by atoms with E-state index >= 15 is 0 Å². The Morgan fingerprint density at radius 1 is 1.27 bits per heavy atom. The zero-order chi connectivity index (χ0) is 8.10. The molecule has 0 radical (unpaired) electrons. The Balaban J connectivity index is 2.66. The van der Waals surface area contributed by atoms with Crippen LogP contribution in [0.2, 0.25) is 0 Å². The summed E-state index contributed by atoms with van der Waals surface area (Å²) in [6, 6.07) is 7.63. The van der Waals surface area contributed by atoms with Crippen LogP contribution < -0.4 is 11.3 Å². The molecule has 0 spiro atoms. The third kappa shape index (κ3) is 2.22. The number of hydrazine groups is 1. The van der Waals surface area contributed by atoms with Crippen LogP contribution in [-0.2, 0) is 6.42 Å². The number of hydrogen-bond acceptors (Lipinski definition) is 3. The van der Waals surface area contributed by atoms with Crippen LogP contribution in [0.4, 0.5) is 5.69 Å². The number of anilines is 1. The molecule has 0 aromatic heterocycles. The lowest BCUT2D eigenvalue weighted by Gasteiger charge is -2.00. The quantitative estimate of drug-likeness (QED) is 0.437. The van der Waals surface area contributed by atoms with Crippen molar-refractivity contribution < 1.29 is 5.11 Å². The van der Waals surface area contributed by atoms with Crippen LogP contribution in [0, 0.1) is 0 Å². The van der Waals surface area contributed by atoms with Crippen molar-refractivity contribution in [2.75, 3.05) is 12.0 Å². The van der Waals surface area contributed by atoms with E-state index in [2.05, 4.69) is 5.43 Å². The van der Waals surface area contributed by atoms with E-state index in [1.165, 1.54) is 0 Å². The smallest absolute Gasteiger partial charge is 0.0485 e. The summed E-state index contributed by atoms with van der Waals surface area (Å²) in [7, 11) is 0. The number of nitrogens with two attached hydrogens (primary N) is 1. The van der Waals surface area contributed by atoms with Gasteiger partial charge in [0.25, 0.3) is 0 Å². The van der Waals surface area contributed by atoms with Crippen LogP contribution in [0.25, 0.3) is 0 Å². The van der Waals surface area contributed by atoms with E-state index in [9.17, 15) is 0 Å². The Labute approximate surface area is 65.8 Å². The van der Waals surface area contributed by atoms with Gasteiger partial charge >= 0.3 is 0 Å². The molecule has 0 aliphatic rings. The molecule has 0 saturated carbocycles. The standard InChI is InChI=1S/C8H12N2O/c9-10-8-3-1-7(2-4-8)5-6-11/h1-4,10-11H,5-6,9H2. The second-order valence-corrected chi connectivity index (χ2v) is 2.31. The highest BCUT2D eigenvalue weighted by Crippen LogP contribution is 2.07. The molecule has 0 bridgehead atoms. The monoisotopic (exact) mass is 152 g/mol. The van der Waals surface area contributed by atoms with Gasteiger partial charge in [0.05, 0.1) is 0 Å². The van der Waals surface area contributed by atoms with E-state index in [1.807, 2.05) is 24.3 Å². The van der Waals surface area contributed by atoms with Crippen LogP contribution in [-0.4, -0.2) is 11.7 Å². The average Bonchev–Trinajstić information content (AvgIpc) is 2.07. The van der Waals surface area contributed by atoms with Crippen LogP contribution in [0.3, 0.4) is 0 Å². The second kappa shape index (κ2) is 3.95. The van der Waals surface area contributed by atoms with Crippen LogP contribution in [0.15, 0.2) is 24.3 Å². The summed E-state index contributed by atoms with van der Waals surface area (Å²) < 4.78 is 0. The molecule has 0 fully saturated rings. The van der Waals surface area contributed by atoms with Gasteiger partial charge in [-0.2, -0.15) is 0 Å². The second-order valence-electron chi connectivity index (χ2n) is 2.31. The SMILES string of the molecule is NNc1ccc(CCO)cc1. The largest absolute Gasteiger partial charge is 0.396 e. The number of nitrogens with one attached hydrogen (secondary N) is 1. The van der Waals surface area contributed by atoms with Gasteiger partial charge in [0, 0.05) is 12.3 Å². The Kier molecular flexibility index (Phi) is 2.89. The fourth-order valence-electron chi connectivity index (χ4n) is 0.897. The maximum Gasteiger partial charge on any atom is 0.0485 e. The Morgan fingerprint density at radius 3 is 2.36 bits per heavy atom. The summed E-state index contributed by atoms with van der Waals surface area (Å²) >= 11 is 0. The van der Waals surface area contributed by atoms with E-state index in [1.54, 1.807) is 0 Å². The molecule has 1 aromatic rings. The van der Waals surface area contributed by atoms with E-state index < -0.39 is 0 Å². The van der Waals surface area contributed by atoms with Crippen molar-refractivity contribution >= 4 is 5.69 Å². The molecule has 0 amide bonds. The molecule has 3 nitrogen and oxygen atoms in total. The summed E-state index contributed by atoms with van der Waals surface area (Å²) in [4.78, 5) is 0. The maximum atomic E-state index is 8.61. The summed E-state index contributed by atoms with van der Waals surface area (Å²) in [6.07, 6.45) is 0.699. The van der Waals surface area contributed by atoms with Crippen molar-refractivity contribution in [2.24, 2.45) is 5.84 Å². The van der Waals surface area contributed by atoms with Crippen molar-refractivity contribution in [2.45, 2.75) is 6.42 Å². The van der Waals surface area contributed by atoms with E-state index in [0.29, 0.717) is 6.42 Å². The maximum absolute atomic E-state index is 8.61. The van der Waals surface area contributed by atoms with Crippen LogP contribution >= 0.6 is 0 Å². The molecular formula is C8H12N2O. The normalized spacial score (nSPS) is 9.64. The van der Waals surface area contributed by atoms with Crippen LogP contribution in [0.1, 0.15) is 5.56 Å². The first-order chi connectivity index (χ1) is 5.36. The van der Waals surface area contributed by atoms with Gasteiger partial charge in [-0.1, -0.05) is 12.1 Å². The lowest BCUT2D eigenvalue weighted by atomic mass is 10.1. The minimum absolute atomic E-state index is 0.190. The van der Waals surface area contributed by atoms with E-state index in [-0.39, 0.29) is 6.61 Å². The molecule has 1 aromatic carbocycles. The summed E-state index contributed by atoms with van der Waals surface area (Å²) in [5, 5.41) is 8.61. The Bertz CT molecular complexity index is 208. The number of hydrogen-bond donors (Lipinski definition) is 3. The number of aliphatic hydroxyl groups excluding tert-OH is 1. The minimum atomic E-state index is 0.190. The number of benzene rings is 1. The first-order valence-corrected chi connectivity index (χ1v) is 3.53. The number of aliphatic hydroxyl groups is 1. The van der Waals surface area contributed by atoms with Crippen molar-refractivity contribution in [3.63, 3.8) is 0 Å². The van der Waals surface area contributed by atoms with Gasteiger partial charge in [-0.05, 0) is 24.1 Å². The summed E-state index contributed by atoms with van der Waals surface area (Å²) in [5.74, 6) is 5.17. The lowest BCUT2D eigenvalue weighted by molar-refractivity contribution is 0.299. The molecule has 3 heteroatoms. The fourth-order valence-corrected chi connectivity index (χ4v) is 0.897. The van der Waals surface area contributed by atoms with E-state index in [4.69, 9.17) is 10.9 Å². The van der Waals surface area contributed by atoms with Crippen molar-refractivity contribution in [3.05, 3.63) is 29.8 Å². The Hall–Kier alpha value is -1.06. The van der Waals surface area contributed by atoms with Crippen LogP contribution in [0.5, 0.6) is 0 Å². The van der Waals surface area contributed by atoms with Gasteiger partial charge in [0.15, 0.2) is 0 Å².